The molecule has 2 N–H and O–H groups in total. The van der Waals surface area contributed by atoms with Crippen LogP contribution in [0.3, 0.4) is 0 Å². The molecule has 0 spiro atoms. The van der Waals surface area contributed by atoms with Crippen molar-refractivity contribution >= 4 is 0 Å². The second-order valence-electron chi connectivity index (χ2n) is 6.41. The lowest BCUT2D eigenvalue weighted by atomic mass is 10.1. The van der Waals surface area contributed by atoms with Gasteiger partial charge in [-0.05, 0) is 20.3 Å². The van der Waals surface area contributed by atoms with Gasteiger partial charge in [-0.15, -0.1) is 6.58 Å². The van der Waals surface area contributed by atoms with E-state index in [1.54, 1.807) is 20.1 Å². The number of hydrogen-bond donors (Lipinski definition) is 2. The first-order chi connectivity index (χ1) is 12.5. The first-order valence-corrected chi connectivity index (χ1v) is 9.01. The number of methoxy groups -OCH3 is 1. The van der Waals surface area contributed by atoms with E-state index in [0.717, 1.165) is 0 Å². The van der Waals surface area contributed by atoms with Gasteiger partial charge in [-0.25, -0.2) is 0 Å². The number of rotatable bonds is 14. The van der Waals surface area contributed by atoms with E-state index in [9.17, 15) is 10.2 Å². The lowest BCUT2D eigenvalue weighted by Crippen LogP contribution is -2.49. The van der Waals surface area contributed by atoms with E-state index >= 15 is 0 Å². The number of hydrogen-bond acceptors (Lipinski definition) is 8. The molecule has 8 heteroatoms. The zero-order valence-corrected chi connectivity index (χ0v) is 16.0. The predicted molar refractivity (Wildman–Crippen MR) is 95.0 cm³/mol. The Morgan fingerprint density at radius 1 is 1.15 bits per heavy atom. The highest BCUT2D eigenvalue weighted by Crippen LogP contribution is 2.22. The first kappa shape index (κ1) is 23.5. The van der Waals surface area contributed by atoms with Crippen molar-refractivity contribution in [2.45, 2.75) is 57.1 Å². The summed E-state index contributed by atoms with van der Waals surface area (Å²) in [6, 6.07) is 0. The molecule has 1 aliphatic rings. The Morgan fingerprint density at radius 3 is 2.58 bits per heavy atom. The molecule has 0 aromatic heterocycles. The fourth-order valence-corrected chi connectivity index (χ4v) is 2.47. The maximum Gasteiger partial charge on any atom is 0.185 e. The summed E-state index contributed by atoms with van der Waals surface area (Å²) in [6.07, 6.45) is -0.387. The third-order valence-electron chi connectivity index (χ3n) is 3.75. The Balaban J connectivity index is 2.37. The van der Waals surface area contributed by atoms with Crippen molar-refractivity contribution in [1.29, 1.82) is 0 Å². The molecule has 1 saturated heterocycles. The van der Waals surface area contributed by atoms with Crippen LogP contribution in [0.1, 0.15) is 20.3 Å². The highest BCUT2D eigenvalue weighted by Gasteiger charge is 2.36. The summed E-state index contributed by atoms with van der Waals surface area (Å²) in [5.74, 6) is 0. The molecular weight excluding hydrogens is 344 g/mol. The van der Waals surface area contributed by atoms with Crippen LogP contribution in [0.4, 0.5) is 0 Å². The maximum atomic E-state index is 9.78. The zero-order valence-electron chi connectivity index (χ0n) is 16.0. The van der Waals surface area contributed by atoms with Crippen LogP contribution in [0.15, 0.2) is 12.7 Å². The van der Waals surface area contributed by atoms with Crippen LogP contribution in [-0.2, 0) is 28.4 Å². The largest absolute Gasteiger partial charge is 0.391 e. The fourth-order valence-electron chi connectivity index (χ4n) is 2.47. The van der Waals surface area contributed by atoms with Gasteiger partial charge in [0.05, 0.1) is 58.0 Å². The molecule has 0 saturated carbocycles. The van der Waals surface area contributed by atoms with Crippen molar-refractivity contribution < 1.29 is 38.6 Å². The Morgan fingerprint density at radius 2 is 1.92 bits per heavy atom. The van der Waals surface area contributed by atoms with Crippen molar-refractivity contribution in [3.05, 3.63) is 12.7 Å². The summed E-state index contributed by atoms with van der Waals surface area (Å²) < 4.78 is 33.3. The van der Waals surface area contributed by atoms with E-state index < -0.39 is 24.6 Å². The fraction of sp³-hybridized carbons (Fsp3) is 0.889. The third kappa shape index (κ3) is 9.38. The average molecular weight is 378 g/mol. The van der Waals surface area contributed by atoms with Gasteiger partial charge in [0, 0.05) is 7.11 Å². The Labute approximate surface area is 156 Å². The van der Waals surface area contributed by atoms with Gasteiger partial charge in [-0.3, -0.25) is 0 Å². The number of aliphatic hydroxyl groups excluding tert-OH is 2. The van der Waals surface area contributed by atoms with Crippen molar-refractivity contribution in [3.8, 4) is 0 Å². The third-order valence-corrected chi connectivity index (χ3v) is 3.75. The molecule has 1 fully saturated rings. The molecule has 0 aromatic carbocycles. The molecule has 26 heavy (non-hydrogen) atoms. The SMILES string of the molecule is C=CCOCC(O)COC(C)CO[C@H]1C(OCC(C)O)CCO[C@H]1OC. The highest BCUT2D eigenvalue weighted by atomic mass is 16.7. The zero-order chi connectivity index (χ0) is 19.4. The van der Waals surface area contributed by atoms with Crippen LogP contribution in [0.5, 0.6) is 0 Å². The minimum absolute atomic E-state index is 0.151. The van der Waals surface area contributed by atoms with E-state index in [2.05, 4.69) is 6.58 Å². The quantitative estimate of drug-likeness (QED) is 0.333. The summed E-state index contributed by atoms with van der Waals surface area (Å²) in [4.78, 5) is 0. The molecule has 0 aliphatic carbocycles. The van der Waals surface area contributed by atoms with E-state index in [-0.39, 0.29) is 32.0 Å². The minimum atomic E-state index is -0.704. The molecule has 8 nitrogen and oxygen atoms in total. The smallest absolute Gasteiger partial charge is 0.185 e. The summed E-state index contributed by atoms with van der Waals surface area (Å²) in [5.41, 5.74) is 0. The molecule has 1 rings (SSSR count). The number of ether oxygens (including phenoxy) is 6. The summed E-state index contributed by atoms with van der Waals surface area (Å²) in [7, 11) is 1.55. The molecular formula is C18H34O8. The van der Waals surface area contributed by atoms with Gasteiger partial charge in [0.2, 0.25) is 0 Å². The van der Waals surface area contributed by atoms with Crippen molar-refractivity contribution in [1.82, 2.24) is 0 Å². The van der Waals surface area contributed by atoms with Gasteiger partial charge in [-0.2, -0.15) is 0 Å². The van der Waals surface area contributed by atoms with Crippen molar-refractivity contribution in [2.75, 3.05) is 46.8 Å². The van der Waals surface area contributed by atoms with Crippen LogP contribution in [0.25, 0.3) is 0 Å². The van der Waals surface area contributed by atoms with Crippen LogP contribution in [0.2, 0.25) is 0 Å². The topological polar surface area (TPSA) is 95.8 Å². The van der Waals surface area contributed by atoms with Gasteiger partial charge < -0.3 is 38.6 Å². The molecule has 4 unspecified atom stereocenters. The van der Waals surface area contributed by atoms with Crippen LogP contribution in [-0.4, -0.2) is 93.8 Å². The van der Waals surface area contributed by atoms with Gasteiger partial charge in [0.25, 0.3) is 0 Å². The standard InChI is InChI=1S/C18H34O8/c1-5-7-22-11-15(20)12-24-14(3)10-26-17-16(25-9-13(2)19)6-8-23-18(17)21-4/h5,13-20H,1,6-12H2,2-4H3/t13?,14?,15?,16?,17-,18+/m0/s1. The highest BCUT2D eigenvalue weighted by molar-refractivity contribution is 4.79. The van der Waals surface area contributed by atoms with E-state index in [4.69, 9.17) is 28.4 Å². The van der Waals surface area contributed by atoms with Crippen molar-refractivity contribution in [3.63, 3.8) is 0 Å². The normalized spacial score (nSPS) is 27.0. The number of aliphatic hydroxyl groups is 2. The van der Waals surface area contributed by atoms with Crippen LogP contribution >= 0.6 is 0 Å². The second kappa shape index (κ2) is 13.6. The monoisotopic (exact) mass is 378 g/mol. The first-order valence-electron chi connectivity index (χ1n) is 9.01. The second-order valence-corrected chi connectivity index (χ2v) is 6.41. The molecule has 0 aromatic rings. The molecule has 1 heterocycles. The van der Waals surface area contributed by atoms with Crippen molar-refractivity contribution in [2.24, 2.45) is 0 Å². The van der Waals surface area contributed by atoms with Crippen LogP contribution < -0.4 is 0 Å². The van der Waals surface area contributed by atoms with Gasteiger partial charge >= 0.3 is 0 Å². The Hall–Kier alpha value is -0.580. The molecule has 1 aliphatic heterocycles. The molecule has 154 valence electrons. The van der Waals surface area contributed by atoms with Gasteiger partial charge in [0.15, 0.2) is 6.29 Å². The summed E-state index contributed by atoms with van der Waals surface area (Å²) >= 11 is 0. The molecule has 0 bridgehead atoms. The predicted octanol–water partition coefficient (Wildman–Crippen LogP) is 0.499. The molecule has 6 atom stereocenters. The maximum absolute atomic E-state index is 9.78. The lowest BCUT2D eigenvalue weighted by Gasteiger charge is -2.37. The summed E-state index contributed by atoms with van der Waals surface area (Å²) in [5, 5.41) is 19.2. The van der Waals surface area contributed by atoms with E-state index in [1.807, 2.05) is 6.92 Å². The Kier molecular flexibility index (Phi) is 12.2. The minimum Gasteiger partial charge on any atom is -0.391 e. The lowest BCUT2D eigenvalue weighted by molar-refractivity contribution is -0.261. The Bertz CT molecular complexity index is 365. The molecule has 0 amide bonds. The molecule has 0 radical (unpaired) electrons. The summed E-state index contributed by atoms with van der Waals surface area (Å²) in [6.45, 7) is 8.83. The van der Waals surface area contributed by atoms with E-state index in [0.29, 0.717) is 26.2 Å². The van der Waals surface area contributed by atoms with Crippen LogP contribution in [0, 0.1) is 0 Å². The van der Waals surface area contributed by atoms with Gasteiger partial charge in [-0.1, -0.05) is 6.08 Å². The van der Waals surface area contributed by atoms with Gasteiger partial charge in [0.1, 0.15) is 12.2 Å². The van der Waals surface area contributed by atoms with E-state index in [1.165, 1.54) is 0 Å². The average Bonchev–Trinajstić information content (AvgIpc) is 2.63.